The van der Waals surface area contributed by atoms with Gasteiger partial charge in [-0.2, -0.15) is 0 Å². The Bertz CT molecular complexity index is 364. The topological polar surface area (TPSA) is 29.5 Å². The third-order valence-corrected chi connectivity index (χ3v) is 2.56. The van der Waals surface area contributed by atoms with E-state index in [1.165, 1.54) is 20.1 Å². The van der Waals surface area contributed by atoms with Crippen LogP contribution in [-0.2, 0) is 0 Å². The molecule has 1 rings (SSSR count). The predicted molar refractivity (Wildman–Crippen MR) is 58.0 cm³/mol. The summed E-state index contributed by atoms with van der Waals surface area (Å²) in [6.45, 7) is 2.93. The summed E-state index contributed by atoms with van der Waals surface area (Å²) in [5.74, 6) is -0.811. The standard InChI is InChI=1S/C12H16F2O2/c1-7(6-15)10-4-9(8(2)13)5-11(14)12(10)16-3/h4-5,7-8,15H,6H2,1-3H3. The molecule has 16 heavy (non-hydrogen) atoms. The summed E-state index contributed by atoms with van der Waals surface area (Å²) in [4.78, 5) is 0. The SMILES string of the molecule is COc1c(F)cc(C(C)F)cc1C(C)CO. The molecule has 0 bridgehead atoms. The predicted octanol–water partition coefficient (Wildman–Crippen LogP) is 2.96. The Morgan fingerprint density at radius 2 is 2.00 bits per heavy atom. The molecular formula is C12H16F2O2. The fraction of sp³-hybridized carbons (Fsp3) is 0.500. The second kappa shape index (κ2) is 5.25. The van der Waals surface area contributed by atoms with E-state index in [1.54, 1.807) is 6.92 Å². The number of methoxy groups -OCH3 is 1. The van der Waals surface area contributed by atoms with Gasteiger partial charge in [-0.25, -0.2) is 8.78 Å². The van der Waals surface area contributed by atoms with Crippen LogP contribution in [0.25, 0.3) is 0 Å². The molecule has 0 fully saturated rings. The molecule has 4 heteroatoms. The second-order valence-corrected chi connectivity index (χ2v) is 3.82. The van der Waals surface area contributed by atoms with Gasteiger partial charge in [0.1, 0.15) is 6.17 Å². The van der Waals surface area contributed by atoms with Crippen molar-refractivity contribution in [2.75, 3.05) is 13.7 Å². The lowest BCUT2D eigenvalue weighted by Crippen LogP contribution is -2.05. The maximum absolute atomic E-state index is 13.6. The maximum atomic E-state index is 13.6. The molecule has 0 heterocycles. The molecule has 2 unspecified atom stereocenters. The molecule has 0 aliphatic rings. The first-order chi connectivity index (χ1) is 7.51. The number of hydrogen-bond acceptors (Lipinski definition) is 2. The third-order valence-electron chi connectivity index (χ3n) is 2.56. The molecule has 0 amide bonds. The normalized spacial score (nSPS) is 14.6. The van der Waals surface area contributed by atoms with Gasteiger partial charge in [0.15, 0.2) is 11.6 Å². The van der Waals surface area contributed by atoms with E-state index in [9.17, 15) is 8.78 Å². The Morgan fingerprint density at radius 1 is 1.38 bits per heavy atom. The Kier molecular flexibility index (Phi) is 4.24. The first kappa shape index (κ1) is 12.9. The fourth-order valence-electron chi connectivity index (χ4n) is 1.55. The largest absolute Gasteiger partial charge is 0.493 e. The Hall–Kier alpha value is -1.16. The summed E-state index contributed by atoms with van der Waals surface area (Å²) < 4.78 is 31.6. The quantitative estimate of drug-likeness (QED) is 0.861. The summed E-state index contributed by atoms with van der Waals surface area (Å²) >= 11 is 0. The summed E-state index contributed by atoms with van der Waals surface area (Å²) in [5, 5.41) is 9.06. The van der Waals surface area contributed by atoms with Gasteiger partial charge in [-0.3, -0.25) is 0 Å². The number of ether oxygens (including phenoxy) is 1. The molecule has 1 aromatic rings. The smallest absolute Gasteiger partial charge is 0.165 e. The Labute approximate surface area is 93.9 Å². The van der Waals surface area contributed by atoms with Crippen LogP contribution < -0.4 is 4.74 Å². The van der Waals surface area contributed by atoms with Crippen LogP contribution in [0.4, 0.5) is 8.78 Å². The van der Waals surface area contributed by atoms with Crippen molar-refractivity contribution in [2.24, 2.45) is 0 Å². The Morgan fingerprint density at radius 3 is 2.44 bits per heavy atom. The monoisotopic (exact) mass is 230 g/mol. The lowest BCUT2D eigenvalue weighted by molar-refractivity contribution is 0.268. The van der Waals surface area contributed by atoms with E-state index in [1.807, 2.05) is 0 Å². The summed E-state index contributed by atoms with van der Waals surface area (Å²) in [6.07, 6.45) is -1.25. The molecule has 1 aromatic carbocycles. The van der Waals surface area contributed by atoms with E-state index in [0.717, 1.165) is 6.07 Å². The minimum absolute atomic E-state index is 0.0750. The van der Waals surface area contributed by atoms with Crippen LogP contribution in [0.1, 0.15) is 37.1 Å². The average molecular weight is 230 g/mol. The van der Waals surface area contributed by atoms with Gasteiger partial charge in [0.25, 0.3) is 0 Å². The summed E-state index contributed by atoms with van der Waals surface area (Å²) in [5.41, 5.74) is 0.748. The first-order valence-electron chi connectivity index (χ1n) is 5.13. The van der Waals surface area contributed by atoms with E-state index in [0.29, 0.717) is 5.56 Å². The minimum atomic E-state index is -1.25. The number of alkyl halides is 1. The van der Waals surface area contributed by atoms with Crippen molar-refractivity contribution >= 4 is 0 Å². The maximum Gasteiger partial charge on any atom is 0.165 e. The molecule has 0 spiro atoms. The average Bonchev–Trinajstić information content (AvgIpc) is 2.26. The molecule has 0 radical (unpaired) electrons. The van der Waals surface area contributed by atoms with Crippen LogP contribution in [0, 0.1) is 5.82 Å². The van der Waals surface area contributed by atoms with Crippen molar-refractivity contribution in [1.29, 1.82) is 0 Å². The van der Waals surface area contributed by atoms with Crippen LogP contribution in [0.15, 0.2) is 12.1 Å². The van der Waals surface area contributed by atoms with E-state index in [4.69, 9.17) is 9.84 Å². The lowest BCUT2D eigenvalue weighted by Gasteiger charge is -2.16. The van der Waals surface area contributed by atoms with Crippen LogP contribution in [0.2, 0.25) is 0 Å². The van der Waals surface area contributed by atoms with Gasteiger partial charge in [0.2, 0.25) is 0 Å². The molecule has 1 N–H and O–H groups in total. The number of aliphatic hydroxyl groups is 1. The Balaban J connectivity index is 3.30. The van der Waals surface area contributed by atoms with Gasteiger partial charge >= 0.3 is 0 Å². The molecule has 0 saturated heterocycles. The van der Waals surface area contributed by atoms with Crippen LogP contribution in [0.3, 0.4) is 0 Å². The van der Waals surface area contributed by atoms with Gasteiger partial charge in [0, 0.05) is 18.1 Å². The molecule has 0 aliphatic heterocycles. The van der Waals surface area contributed by atoms with E-state index in [2.05, 4.69) is 0 Å². The van der Waals surface area contributed by atoms with Crippen molar-refractivity contribution in [3.63, 3.8) is 0 Å². The van der Waals surface area contributed by atoms with E-state index < -0.39 is 12.0 Å². The minimum Gasteiger partial charge on any atom is -0.493 e. The van der Waals surface area contributed by atoms with Crippen LogP contribution in [-0.4, -0.2) is 18.8 Å². The van der Waals surface area contributed by atoms with Gasteiger partial charge in [0.05, 0.1) is 7.11 Å². The van der Waals surface area contributed by atoms with Gasteiger partial charge in [-0.15, -0.1) is 0 Å². The highest BCUT2D eigenvalue weighted by Gasteiger charge is 2.18. The molecular weight excluding hydrogens is 214 g/mol. The van der Waals surface area contributed by atoms with Gasteiger partial charge < -0.3 is 9.84 Å². The van der Waals surface area contributed by atoms with Crippen molar-refractivity contribution in [1.82, 2.24) is 0 Å². The molecule has 0 saturated carbocycles. The van der Waals surface area contributed by atoms with E-state index >= 15 is 0 Å². The molecule has 90 valence electrons. The van der Waals surface area contributed by atoms with Crippen LogP contribution in [0.5, 0.6) is 5.75 Å². The third kappa shape index (κ3) is 2.50. The number of aliphatic hydroxyl groups excluding tert-OH is 1. The second-order valence-electron chi connectivity index (χ2n) is 3.82. The summed E-state index contributed by atoms with van der Waals surface area (Å²) in [7, 11) is 1.35. The zero-order valence-electron chi connectivity index (χ0n) is 9.63. The molecule has 2 atom stereocenters. The number of hydrogen-bond donors (Lipinski definition) is 1. The van der Waals surface area contributed by atoms with Crippen molar-refractivity contribution in [3.05, 3.63) is 29.1 Å². The highest BCUT2D eigenvalue weighted by Crippen LogP contribution is 2.33. The first-order valence-corrected chi connectivity index (χ1v) is 5.13. The van der Waals surface area contributed by atoms with E-state index in [-0.39, 0.29) is 23.8 Å². The molecule has 2 nitrogen and oxygen atoms in total. The molecule has 0 aromatic heterocycles. The summed E-state index contributed by atoms with van der Waals surface area (Å²) in [6, 6.07) is 2.66. The zero-order chi connectivity index (χ0) is 12.3. The van der Waals surface area contributed by atoms with Gasteiger partial charge in [-0.05, 0) is 24.6 Å². The number of rotatable bonds is 4. The van der Waals surface area contributed by atoms with Crippen molar-refractivity contribution < 1.29 is 18.6 Å². The number of halogens is 2. The molecule has 0 aliphatic carbocycles. The highest BCUT2D eigenvalue weighted by molar-refractivity contribution is 5.41. The van der Waals surface area contributed by atoms with Gasteiger partial charge in [-0.1, -0.05) is 6.92 Å². The fourth-order valence-corrected chi connectivity index (χ4v) is 1.55. The highest BCUT2D eigenvalue weighted by atomic mass is 19.1. The number of benzene rings is 1. The van der Waals surface area contributed by atoms with Crippen molar-refractivity contribution in [3.8, 4) is 5.75 Å². The zero-order valence-corrected chi connectivity index (χ0v) is 9.63. The van der Waals surface area contributed by atoms with Crippen molar-refractivity contribution in [2.45, 2.75) is 25.9 Å². The van der Waals surface area contributed by atoms with Crippen LogP contribution >= 0.6 is 0 Å². The lowest BCUT2D eigenvalue weighted by atomic mass is 9.97.